The molecule has 0 spiro atoms. The van der Waals surface area contributed by atoms with Gasteiger partial charge in [0, 0.05) is 13.1 Å². The second-order valence-corrected chi connectivity index (χ2v) is 4.41. The highest BCUT2D eigenvalue weighted by Crippen LogP contribution is 2.11. The van der Waals surface area contributed by atoms with Crippen molar-refractivity contribution in [2.45, 2.75) is 19.9 Å². The monoisotopic (exact) mass is 260 g/mol. The highest BCUT2D eigenvalue weighted by atomic mass is 16.1. The van der Waals surface area contributed by atoms with Crippen LogP contribution in [0.2, 0.25) is 0 Å². The number of rotatable bonds is 7. The van der Waals surface area contributed by atoms with Crippen molar-refractivity contribution < 1.29 is 4.79 Å². The van der Waals surface area contributed by atoms with Crippen molar-refractivity contribution in [3.8, 4) is 0 Å². The number of hydrogen-bond acceptors (Lipinski definition) is 3. The Morgan fingerprint density at radius 3 is 3.05 bits per heavy atom. The van der Waals surface area contributed by atoms with Crippen molar-refractivity contribution in [3.63, 3.8) is 0 Å². The van der Waals surface area contributed by atoms with Crippen molar-refractivity contribution in [1.82, 2.24) is 20.2 Å². The first-order valence-corrected chi connectivity index (χ1v) is 6.68. The molecular weight excluding hydrogens is 240 g/mol. The fourth-order valence-electron chi connectivity index (χ4n) is 1.97. The molecule has 5 nitrogen and oxygen atoms in total. The van der Waals surface area contributed by atoms with E-state index in [4.69, 9.17) is 0 Å². The van der Waals surface area contributed by atoms with Gasteiger partial charge in [0.25, 0.3) is 0 Å². The van der Waals surface area contributed by atoms with Gasteiger partial charge >= 0.3 is 0 Å². The Bertz CT molecular complexity index is 535. The molecule has 0 saturated heterocycles. The molecule has 0 atom stereocenters. The summed E-state index contributed by atoms with van der Waals surface area (Å²) in [5, 5.41) is 5.89. The summed E-state index contributed by atoms with van der Waals surface area (Å²) in [6.07, 6.45) is 2.75. The lowest BCUT2D eigenvalue weighted by molar-refractivity contribution is -0.120. The molecule has 0 bridgehead atoms. The molecule has 1 heterocycles. The van der Waals surface area contributed by atoms with Gasteiger partial charge in [0.05, 0.1) is 23.9 Å². The minimum atomic E-state index is 0.0531. The molecule has 1 aromatic carbocycles. The molecular formula is C14H20N4O. The summed E-state index contributed by atoms with van der Waals surface area (Å²) in [6, 6.07) is 8.06. The van der Waals surface area contributed by atoms with Gasteiger partial charge in [0.15, 0.2) is 0 Å². The van der Waals surface area contributed by atoms with Crippen LogP contribution >= 0.6 is 0 Å². The van der Waals surface area contributed by atoms with E-state index in [1.54, 1.807) is 0 Å². The largest absolute Gasteiger partial charge is 0.355 e. The normalized spacial score (nSPS) is 10.8. The molecule has 5 heteroatoms. The summed E-state index contributed by atoms with van der Waals surface area (Å²) in [7, 11) is 0. The van der Waals surface area contributed by atoms with Gasteiger partial charge in [0.1, 0.15) is 0 Å². The molecule has 0 aliphatic rings. The zero-order valence-electron chi connectivity index (χ0n) is 11.2. The molecule has 0 saturated carbocycles. The number of likely N-dealkylation sites (N-methyl/N-ethyl adjacent to an activating group) is 1. The summed E-state index contributed by atoms with van der Waals surface area (Å²) in [5.41, 5.74) is 2.15. The van der Waals surface area contributed by atoms with Crippen molar-refractivity contribution in [3.05, 3.63) is 30.6 Å². The zero-order valence-corrected chi connectivity index (χ0v) is 11.2. The number of nitrogens with one attached hydrogen (secondary N) is 2. The van der Waals surface area contributed by atoms with Crippen LogP contribution in [0.15, 0.2) is 30.6 Å². The Hall–Kier alpha value is -1.88. The molecule has 102 valence electrons. The first kappa shape index (κ1) is 13.5. The van der Waals surface area contributed by atoms with Crippen LogP contribution in [0, 0.1) is 0 Å². The van der Waals surface area contributed by atoms with Crippen LogP contribution in [0.1, 0.15) is 13.3 Å². The van der Waals surface area contributed by atoms with E-state index < -0.39 is 0 Å². The number of fused-ring (bicyclic) bond motifs is 1. The molecule has 2 N–H and O–H groups in total. The molecule has 0 aliphatic carbocycles. The number of carbonyl (C=O) groups excluding carboxylic acids is 1. The van der Waals surface area contributed by atoms with Crippen molar-refractivity contribution in [2.24, 2.45) is 0 Å². The van der Waals surface area contributed by atoms with E-state index in [1.807, 2.05) is 31.5 Å². The number of imidazole rings is 1. The summed E-state index contributed by atoms with van der Waals surface area (Å²) >= 11 is 0. The van der Waals surface area contributed by atoms with Crippen molar-refractivity contribution in [2.75, 3.05) is 19.6 Å². The number of para-hydroxylation sites is 2. The fourth-order valence-corrected chi connectivity index (χ4v) is 1.97. The molecule has 19 heavy (non-hydrogen) atoms. The van der Waals surface area contributed by atoms with E-state index in [0.717, 1.165) is 30.5 Å². The first-order chi connectivity index (χ1) is 9.31. The molecule has 2 aromatic rings. The Balaban J connectivity index is 1.75. The molecule has 2 rings (SSSR count). The zero-order chi connectivity index (χ0) is 13.5. The molecule has 1 amide bonds. The maximum absolute atomic E-state index is 11.4. The van der Waals surface area contributed by atoms with Gasteiger partial charge < -0.3 is 15.2 Å². The van der Waals surface area contributed by atoms with Gasteiger partial charge in [-0.25, -0.2) is 4.98 Å². The lowest BCUT2D eigenvalue weighted by Gasteiger charge is -2.06. The summed E-state index contributed by atoms with van der Waals surface area (Å²) in [6.45, 7) is 4.75. The quantitative estimate of drug-likeness (QED) is 0.734. The van der Waals surface area contributed by atoms with Crippen molar-refractivity contribution >= 4 is 16.9 Å². The van der Waals surface area contributed by atoms with Gasteiger partial charge in [-0.1, -0.05) is 19.1 Å². The first-order valence-electron chi connectivity index (χ1n) is 6.68. The number of carbonyl (C=O) groups is 1. The van der Waals surface area contributed by atoms with E-state index in [0.29, 0.717) is 13.1 Å². The van der Waals surface area contributed by atoms with Gasteiger partial charge in [0.2, 0.25) is 5.91 Å². The molecule has 0 unspecified atom stereocenters. The van der Waals surface area contributed by atoms with Gasteiger partial charge in [-0.2, -0.15) is 0 Å². The van der Waals surface area contributed by atoms with Crippen LogP contribution in [0.5, 0.6) is 0 Å². The minimum Gasteiger partial charge on any atom is -0.355 e. The number of aromatic nitrogens is 2. The van der Waals surface area contributed by atoms with Crippen molar-refractivity contribution in [1.29, 1.82) is 0 Å². The maximum atomic E-state index is 11.4. The Labute approximate surface area is 113 Å². The number of hydrogen-bond donors (Lipinski definition) is 2. The smallest absolute Gasteiger partial charge is 0.233 e. The average Bonchev–Trinajstić information content (AvgIpc) is 2.85. The Kier molecular flexibility index (Phi) is 4.92. The second kappa shape index (κ2) is 6.89. The van der Waals surface area contributed by atoms with Gasteiger partial charge in [-0.3, -0.25) is 4.79 Å². The van der Waals surface area contributed by atoms with Crippen LogP contribution in [0.25, 0.3) is 11.0 Å². The predicted octanol–water partition coefficient (Wildman–Crippen LogP) is 1.15. The highest BCUT2D eigenvalue weighted by molar-refractivity contribution is 5.78. The lowest BCUT2D eigenvalue weighted by atomic mass is 10.3. The number of amides is 1. The topological polar surface area (TPSA) is 59.0 Å². The molecule has 0 fully saturated rings. The maximum Gasteiger partial charge on any atom is 0.233 e. The van der Waals surface area contributed by atoms with E-state index in [2.05, 4.69) is 26.3 Å². The van der Waals surface area contributed by atoms with Crippen LogP contribution in [0.4, 0.5) is 0 Å². The summed E-state index contributed by atoms with van der Waals surface area (Å²) in [5.74, 6) is 0.0531. The molecule has 0 radical (unpaired) electrons. The van der Waals surface area contributed by atoms with E-state index in [-0.39, 0.29) is 5.91 Å². The number of nitrogens with zero attached hydrogens (tertiary/aromatic N) is 2. The number of benzene rings is 1. The highest BCUT2D eigenvalue weighted by Gasteiger charge is 2.02. The third kappa shape index (κ3) is 3.79. The fraction of sp³-hybridized carbons (Fsp3) is 0.429. The molecule has 0 aliphatic heterocycles. The Morgan fingerprint density at radius 1 is 1.37 bits per heavy atom. The molecule has 1 aromatic heterocycles. The average molecular weight is 260 g/mol. The van der Waals surface area contributed by atoms with Crippen LogP contribution in [-0.2, 0) is 11.3 Å². The van der Waals surface area contributed by atoms with E-state index in [1.165, 1.54) is 0 Å². The Morgan fingerprint density at radius 2 is 2.21 bits per heavy atom. The van der Waals surface area contributed by atoms with E-state index >= 15 is 0 Å². The van der Waals surface area contributed by atoms with Gasteiger partial charge in [-0.15, -0.1) is 0 Å². The third-order valence-corrected chi connectivity index (χ3v) is 2.96. The SMILES string of the molecule is CCNCC(=O)NCCCn1cnc2ccccc21. The van der Waals surface area contributed by atoms with Gasteiger partial charge in [-0.05, 0) is 25.1 Å². The summed E-state index contributed by atoms with van der Waals surface area (Å²) < 4.78 is 2.12. The van der Waals surface area contributed by atoms with Crippen LogP contribution in [-0.4, -0.2) is 35.1 Å². The standard InChI is InChI=1S/C14H20N4O/c1-2-15-10-14(19)16-8-5-9-18-11-17-12-6-3-4-7-13(12)18/h3-4,6-7,11,15H,2,5,8-10H2,1H3,(H,16,19). The van der Waals surface area contributed by atoms with E-state index in [9.17, 15) is 4.79 Å². The van der Waals surface area contributed by atoms with Crippen LogP contribution in [0.3, 0.4) is 0 Å². The number of aryl methyl sites for hydroxylation is 1. The minimum absolute atomic E-state index is 0.0531. The lowest BCUT2D eigenvalue weighted by Crippen LogP contribution is -2.34. The predicted molar refractivity (Wildman–Crippen MR) is 75.9 cm³/mol. The third-order valence-electron chi connectivity index (χ3n) is 2.96. The van der Waals surface area contributed by atoms with Crippen LogP contribution < -0.4 is 10.6 Å². The summed E-state index contributed by atoms with van der Waals surface area (Å²) in [4.78, 5) is 15.7. The second-order valence-electron chi connectivity index (χ2n) is 4.41.